The monoisotopic (exact) mass is 407 g/mol. The van der Waals surface area contributed by atoms with Crippen LogP contribution in [-0.4, -0.2) is 49.8 Å². The predicted molar refractivity (Wildman–Crippen MR) is 108 cm³/mol. The van der Waals surface area contributed by atoms with Crippen molar-refractivity contribution >= 4 is 11.4 Å². The molecule has 0 atom stereocenters. The zero-order chi connectivity index (χ0) is 21.3. The van der Waals surface area contributed by atoms with Gasteiger partial charge < -0.3 is 10.0 Å². The van der Waals surface area contributed by atoms with Crippen LogP contribution in [0.2, 0.25) is 0 Å². The van der Waals surface area contributed by atoms with Gasteiger partial charge >= 0.3 is 0 Å². The maximum atomic E-state index is 13.1. The summed E-state index contributed by atoms with van der Waals surface area (Å²) in [6.07, 6.45) is 3.53. The minimum Gasteiger partial charge on any atom is -0.494 e. The first-order valence-electron chi connectivity index (χ1n) is 9.95. The highest BCUT2D eigenvalue weighted by atomic mass is 19.1. The van der Waals surface area contributed by atoms with Crippen molar-refractivity contribution < 1.29 is 14.3 Å². The standard InChI is InChI=1S/C22H22FN5O2/c1-14-18(22(30)28-13-25-19(12-24)21(28)26-14)8-11-27-9-6-16(7-10-27)20(29)15-2-4-17(23)5-3-15/h2-5,13,16,30H,6-11H2,1H3. The lowest BCUT2D eigenvalue weighted by Crippen LogP contribution is -2.37. The Balaban J connectivity index is 1.38. The SMILES string of the molecule is Cc1nc2c(C#N)ncn2c(O)c1CCN1CCC(C(=O)c2ccc(F)cc2)CC1. The number of ketones is 1. The summed E-state index contributed by atoms with van der Waals surface area (Å²) in [5, 5.41) is 19.7. The van der Waals surface area contributed by atoms with E-state index in [9.17, 15) is 14.3 Å². The Labute approximate surface area is 173 Å². The summed E-state index contributed by atoms with van der Waals surface area (Å²) in [5.74, 6) is -0.249. The summed E-state index contributed by atoms with van der Waals surface area (Å²) in [5.41, 5.74) is 2.52. The number of aryl methyl sites for hydroxylation is 1. The molecule has 1 aliphatic heterocycles. The van der Waals surface area contributed by atoms with E-state index in [-0.39, 0.29) is 29.1 Å². The molecule has 2 aromatic heterocycles. The quantitative estimate of drug-likeness (QED) is 0.654. The second-order valence-electron chi connectivity index (χ2n) is 7.64. The highest BCUT2D eigenvalue weighted by molar-refractivity contribution is 5.97. The van der Waals surface area contributed by atoms with Crippen molar-refractivity contribution in [1.29, 1.82) is 5.26 Å². The molecule has 0 unspecified atom stereocenters. The molecule has 3 heterocycles. The number of hydrogen-bond donors (Lipinski definition) is 1. The van der Waals surface area contributed by atoms with Crippen LogP contribution in [-0.2, 0) is 6.42 Å². The number of nitriles is 1. The van der Waals surface area contributed by atoms with Crippen LogP contribution in [0.25, 0.3) is 5.65 Å². The number of carbonyl (C=O) groups is 1. The lowest BCUT2D eigenvalue weighted by atomic mass is 9.89. The van der Waals surface area contributed by atoms with Crippen LogP contribution >= 0.6 is 0 Å². The second-order valence-corrected chi connectivity index (χ2v) is 7.64. The molecule has 8 heteroatoms. The van der Waals surface area contributed by atoms with E-state index < -0.39 is 0 Å². The number of hydrogen-bond acceptors (Lipinski definition) is 6. The van der Waals surface area contributed by atoms with E-state index in [1.165, 1.54) is 22.9 Å². The largest absolute Gasteiger partial charge is 0.494 e. The van der Waals surface area contributed by atoms with Crippen LogP contribution in [0.1, 0.15) is 40.2 Å². The molecule has 3 aromatic rings. The van der Waals surface area contributed by atoms with Gasteiger partial charge in [0, 0.05) is 29.3 Å². The first-order valence-corrected chi connectivity index (χ1v) is 9.95. The number of piperidine rings is 1. The minimum atomic E-state index is -0.341. The zero-order valence-electron chi connectivity index (χ0n) is 16.7. The average molecular weight is 407 g/mol. The number of nitrogens with zero attached hydrogens (tertiary/aromatic N) is 5. The normalized spacial score (nSPS) is 15.4. The molecule has 0 spiro atoms. The smallest absolute Gasteiger partial charge is 0.203 e. The van der Waals surface area contributed by atoms with Crippen molar-refractivity contribution in [3.63, 3.8) is 0 Å². The zero-order valence-corrected chi connectivity index (χ0v) is 16.7. The van der Waals surface area contributed by atoms with Crippen LogP contribution in [0.5, 0.6) is 5.88 Å². The summed E-state index contributed by atoms with van der Waals surface area (Å²) in [6.45, 7) is 4.13. The number of carbonyl (C=O) groups excluding carboxylic acids is 1. The van der Waals surface area contributed by atoms with Crippen LogP contribution < -0.4 is 0 Å². The number of aromatic nitrogens is 3. The first-order chi connectivity index (χ1) is 14.5. The van der Waals surface area contributed by atoms with Crippen LogP contribution in [0, 0.1) is 30.0 Å². The fraction of sp³-hybridized carbons (Fsp3) is 0.364. The Morgan fingerprint density at radius 1 is 1.30 bits per heavy atom. The third kappa shape index (κ3) is 3.76. The van der Waals surface area contributed by atoms with Gasteiger partial charge in [-0.1, -0.05) is 0 Å². The van der Waals surface area contributed by atoms with Crippen molar-refractivity contribution in [2.45, 2.75) is 26.2 Å². The number of halogens is 1. The van der Waals surface area contributed by atoms with E-state index in [4.69, 9.17) is 5.26 Å². The highest BCUT2D eigenvalue weighted by Crippen LogP contribution is 2.25. The van der Waals surface area contributed by atoms with Gasteiger partial charge in [0.15, 0.2) is 17.1 Å². The van der Waals surface area contributed by atoms with E-state index in [2.05, 4.69) is 14.9 Å². The van der Waals surface area contributed by atoms with Crippen molar-refractivity contribution in [1.82, 2.24) is 19.3 Å². The molecule has 154 valence electrons. The van der Waals surface area contributed by atoms with Gasteiger partial charge in [0.1, 0.15) is 18.2 Å². The Bertz CT molecular complexity index is 1130. The summed E-state index contributed by atoms with van der Waals surface area (Å²) in [7, 11) is 0. The van der Waals surface area contributed by atoms with Gasteiger partial charge in [-0.05, 0) is 63.5 Å². The Kier molecular flexibility index (Phi) is 5.46. The molecule has 1 fully saturated rings. The highest BCUT2D eigenvalue weighted by Gasteiger charge is 2.26. The number of benzene rings is 1. The fourth-order valence-corrected chi connectivity index (χ4v) is 4.05. The Morgan fingerprint density at radius 2 is 2.00 bits per heavy atom. The molecule has 30 heavy (non-hydrogen) atoms. The molecule has 0 saturated carbocycles. The number of Topliss-reactive ketones (excluding diaryl/α,β-unsaturated/α-hetero) is 1. The van der Waals surface area contributed by atoms with E-state index in [1.54, 1.807) is 12.1 Å². The van der Waals surface area contributed by atoms with Crippen molar-refractivity contribution in [2.75, 3.05) is 19.6 Å². The van der Waals surface area contributed by atoms with Gasteiger partial charge in [0.05, 0.1) is 0 Å². The van der Waals surface area contributed by atoms with Crippen LogP contribution in [0.4, 0.5) is 4.39 Å². The molecule has 0 bridgehead atoms. The van der Waals surface area contributed by atoms with Gasteiger partial charge in [-0.15, -0.1) is 0 Å². The van der Waals surface area contributed by atoms with E-state index in [0.29, 0.717) is 23.3 Å². The molecular weight excluding hydrogens is 385 g/mol. The van der Waals surface area contributed by atoms with Crippen molar-refractivity contribution in [3.8, 4) is 11.9 Å². The molecule has 0 radical (unpaired) electrons. The molecule has 7 nitrogen and oxygen atoms in total. The van der Waals surface area contributed by atoms with Crippen LogP contribution in [0.15, 0.2) is 30.6 Å². The fourth-order valence-electron chi connectivity index (χ4n) is 4.05. The maximum absolute atomic E-state index is 13.1. The van der Waals surface area contributed by atoms with E-state index >= 15 is 0 Å². The molecule has 1 aliphatic rings. The minimum absolute atomic E-state index is 0.0461. The summed E-state index contributed by atoms with van der Waals surface area (Å²) < 4.78 is 14.5. The van der Waals surface area contributed by atoms with Crippen molar-refractivity contribution in [3.05, 3.63) is 58.9 Å². The average Bonchev–Trinajstić information content (AvgIpc) is 3.17. The van der Waals surface area contributed by atoms with Gasteiger partial charge in [0.2, 0.25) is 5.88 Å². The molecular formula is C22H22FN5O2. The molecule has 0 amide bonds. The van der Waals surface area contributed by atoms with Crippen LogP contribution in [0.3, 0.4) is 0 Å². The second kappa shape index (κ2) is 8.20. The third-order valence-corrected chi connectivity index (χ3v) is 5.82. The topological polar surface area (TPSA) is 94.5 Å². The summed E-state index contributed by atoms with van der Waals surface area (Å²) >= 11 is 0. The maximum Gasteiger partial charge on any atom is 0.203 e. The molecule has 0 aliphatic carbocycles. The van der Waals surface area contributed by atoms with E-state index in [0.717, 1.165) is 38.0 Å². The lowest BCUT2D eigenvalue weighted by molar-refractivity contribution is 0.0841. The Hall–Kier alpha value is -3.31. The number of rotatable bonds is 5. The van der Waals surface area contributed by atoms with E-state index in [1.807, 2.05) is 13.0 Å². The van der Waals surface area contributed by atoms with Gasteiger partial charge in [-0.25, -0.2) is 14.4 Å². The summed E-state index contributed by atoms with van der Waals surface area (Å²) in [6, 6.07) is 7.71. The van der Waals surface area contributed by atoms with Gasteiger partial charge in [-0.2, -0.15) is 5.26 Å². The van der Waals surface area contributed by atoms with Gasteiger partial charge in [-0.3, -0.25) is 9.20 Å². The summed E-state index contributed by atoms with van der Waals surface area (Å²) in [4.78, 5) is 23.3. The molecule has 1 saturated heterocycles. The third-order valence-electron chi connectivity index (χ3n) is 5.82. The predicted octanol–water partition coefficient (Wildman–Crippen LogP) is 2.89. The number of likely N-dealkylation sites (tertiary alicyclic amines) is 1. The van der Waals surface area contributed by atoms with Crippen molar-refractivity contribution in [2.24, 2.45) is 5.92 Å². The number of fused-ring (bicyclic) bond motifs is 1. The lowest BCUT2D eigenvalue weighted by Gasteiger charge is -2.31. The molecule has 4 rings (SSSR count). The van der Waals surface area contributed by atoms with Gasteiger partial charge in [0.25, 0.3) is 0 Å². The first kappa shape index (κ1) is 20.0. The molecule has 1 N–H and O–H groups in total. The molecule has 1 aromatic carbocycles. The number of imidazole rings is 1. The Morgan fingerprint density at radius 3 is 2.67 bits per heavy atom. The number of aromatic hydroxyl groups is 1.